The third-order valence-electron chi connectivity index (χ3n) is 4.81. The van der Waals surface area contributed by atoms with Crippen LogP contribution in [0.25, 0.3) is 5.69 Å². The third kappa shape index (κ3) is 5.52. The smallest absolute Gasteiger partial charge is 0.259 e. The van der Waals surface area contributed by atoms with Gasteiger partial charge in [0.1, 0.15) is 14.8 Å². The van der Waals surface area contributed by atoms with E-state index >= 15 is 0 Å². The molecule has 0 aliphatic heterocycles. The summed E-state index contributed by atoms with van der Waals surface area (Å²) in [7, 11) is 0. The summed E-state index contributed by atoms with van der Waals surface area (Å²) < 4.78 is 4.15. The number of halogens is 2. The number of nitrogens with zero attached hydrogens (tertiary/aromatic N) is 1. The zero-order valence-corrected chi connectivity index (χ0v) is 22.4. The largest absolute Gasteiger partial charge is 1.00 e. The van der Waals surface area contributed by atoms with Crippen molar-refractivity contribution in [1.82, 2.24) is 0 Å². The predicted octanol–water partition coefficient (Wildman–Crippen LogP) is 3.51. The second-order valence-electron chi connectivity index (χ2n) is 7.39. The number of nitrogen functional groups attached to an aromatic ring is 1. The molecular formula is C25H22Br2N2OS2. The highest BCUT2D eigenvalue weighted by molar-refractivity contribution is 9.10. The highest BCUT2D eigenvalue weighted by atomic mass is 79.9. The Balaban J connectivity index is 0.00000289. The number of thiophene rings is 1. The Labute approximate surface area is 215 Å². The number of pyridine rings is 1. The lowest BCUT2D eigenvalue weighted by Crippen LogP contribution is -3.00. The molecule has 2 heterocycles. The lowest BCUT2D eigenvalue weighted by molar-refractivity contribution is -0.597. The number of aromatic nitrogens is 1. The maximum atomic E-state index is 13.2. The van der Waals surface area contributed by atoms with Crippen LogP contribution < -0.4 is 27.3 Å². The molecule has 0 fully saturated rings. The quantitative estimate of drug-likeness (QED) is 0.213. The Hall–Kier alpha value is -1.93. The van der Waals surface area contributed by atoms with Crippen LogP contribution in [0.3, 0.4) is 0 Å². The van der Waals surface area contributed by atoms with Gasteiger partial charge in [-0.25, -0.2) is 0 Å². The molecule has 0 amide bonds. The molecule has 32 heavy (non-hydrogen) atoms. The summed E-state index contributed by atoms with van der Waals surface area (Å²) in [5.41, 5.74) is 12.2. The number of carbonyl (C=O) groups is 1. The van der Waals surface area contributed by atoms with Gasteiger partial charge in [0, 0.05) is 26.9 Å². The molecule has 2 aromatic heterocycles. The normalized spacial score (nSPS) is 10.6. The van der Waals surface area contributed by atoms with E-state index in [2.05, 4.69) is 64.9 Å². The molecule has 3 nitrogen and oxygen atoms in total. The number of benzene rings is 2. The lowest BCUT2D eigenvalue weighted by atomic mass is 10.1. The molecule has 0 radical (unpaired) electrons. The Morgan fingerprint density at radius 2 is 1.66 bits per heavy atom. The topological polar surface area (TPSA) is 47.0 Å². The van der Waals surface area contributed by atoms with E-state index in [0.29, 0.717) is 16.1 Å². The number of thioether (sulfide) groups is 1. The van der Waals surface area contributed by atoms with Crippen molar-refractivity contribution in [1.29, 1.82) is 0 Å². The Morgan fingerprint density at radius 1 is 1.03 bits per heavy atom. The molecule has 164 valence electrons. The third-order valence-corrected chi connectivity index (χ3v) is 7.87. The molecule has 2 aromatic carbocycles. The number of anilines is 1. The fourth-order valence-corrected chi connectivity index (χ4v) is 6.10. The zero-order chi connectivity index (χ0) is 22.0. The van der Waals surface area contributed by atoms with Crippen LogP contribution in [0.15, 0.2) is 81.7 Å². The van der Waals surface area contributed by atoms with E-state index in [0.717, 1.165) is 31.2 Å². The van der Waals surface area contributed by atoms with Gasteiger partial charge >= 0.3 is 0 Å². The van der Waals surface area contributed by atoms with Crippen molar-refractivity contribution in [2.45, 2.75) is 23.8 Å². The second kappa shape index (κ2) is 10.8. The summed E-state index contributed by atoms with van der Waals surface area (Å²) in [4.78, 5) is 13.8. The summed E-state index contributed by atoms with van der Waals surface area (Å²) in [6.07, 6.45) is 4.12. The number of rotatable bonds is 6. The molecule has 0 spiro atoms. The SMILES string of the molecule is Cc1cc(C)c[n+](-c2c(SCc3ccc(Br)cc3)sc(C(=O)c3ccccc3)c2N)c1.[Br-]. The first-order valence-electron chi connectivity index (χ1n) is 9.81. The van der Waals surface area contributed by atoms with Gasteiger partial charge in [0.2, 0.25) is 5.78 Å². The fraction of sp³-hybridized carbons (Fsp3) is 0.120. The summed E-state index contributed by atoms with van der Waals surface area (Å²) in [5, 5.41) is 0. The monoisotopic (exact) mass is 588 g/mol. The molecule has 0 atom stereocenters. The van der Waals surface area contributed by atoms with Crippen molar-refractivity contribution in [3.8, 4) is 5.69 Å². The fourth-order valence-electron chi connectivity index (χ4n) is 3.41. The van der Waals surface area contributed by atoms with Crippen molar-refractivity contribution in [3.63, 3.8) is 0 Å². The van der Waals surface area contributed by atoms with Crippen molar-refractivity contribution in [2.24, 2.45) is 0 Å². The van der Waals surface area contributed by atoms with E-state index in [-0.39, 0.29) is 22.8 Å². The van der Waals surface area contributed by atoms with Crippen LogP contribution in [0, 0.1) is 13.8 Å². The highest BCUT2D eigenvalue weighted by Crippen LogP contribution is 2.41. The summed E-state index contributed by atoms with van der Waals surface area (Å²) >= 11 is 6.67. The molecule has 0 aliphatic rings. The number of aryl methyl sites for hydroxylation is 2. The number of nitrogens with two attached hydrogens (primary N) is 1. The Morgan fingerprint density at radius 3 is 2.28 bits per heavy atom. The van der Waals surface area contributed by atoms with Gasteiger partial charge in [0.05, 0.1) is 0 Å². The van der Waals surface area contributed by atoms with Crippen LogP contribution in [-0.2, 0) is 5.75 Å². The van der Waals surface area contributed by atoms with Gasteiger partial charge in [0.25, 0.3) is 5.69 Å². The number of hydrogen-bond acceptors (Lipinski definition) is 4. The predicted molar refractivity (Wildman–Crippen MR) is 133 cm³/mol. The van der Waals surface area contributed by atoms with Crippen molar-refractivity contribution >= 4 is 50.5 Å². The number of ketones is 1. The molecule has 0 unspecified atom stereocenters. The zero-order valence-electron chi connectivity index (χ0n) is 17.6. The molecule has 4 rings (SSSR count). The molecule has 7 heteroatoms. The van der Waals surface area contributed by atoms with Crippen LogP contribution in [-0.4, -0.2) is 5.78 Å². The van der Waals surface area contributed by atoms with E-state index < -0.39 is 0 Å². The lowest BCUT2D eigenvalue weighted by Gasteiger charge is -2.03. The molecule has 0 saturated heterocycles. The molecular weight excluding hydrogens is 568 g/mol. The Bertz CT molecular complexity index is 1220. The first-order chi connectivity index (χ1) is 14.9. The summed E-state index contributed by atoms with van der Waals surface area (Å²) in [5.74, 6) is 0.759. The highest BCUT2D eigenvalue weighted by Gasteiger charge is 2.28. The van der Waals surface area contributed by atoms with Gasteiger partial charge in [-0.2, -0.15) is 4.57 Å². The average molecular weight is 590 g/mol. The average Bonchev–Trinajstić information content (AvgIpc) is 3.09. The van der Waals surface area contributed by atoms with E-state index in [1.807, 2.05) is 42.5 Å². The van der Waals surface area contributed by atoms with Crippen LogP contribution in [0.5, 0.6) is 0 Å². The molecule has 0 bridgehead atoms. The Kier molecular flexibility index (Phi) is 8.33. The number of hydrogen-bond donors (Lipinski definition) is 1. The van der Waals surface area contributed by atoms with E-state index in [1.165, 1.54) is 16.9 Å². The van der Waals surface area contributed by atoms with Crippen molar-refractivity contribution in [3.05, 3.63) is 105 Å². The summed E-state index contributed by atoms with van der Waals surface area (Å²) in [6, 6.07) is 19.8. The maximum Gasteiger partial charge on any atom is 0.259 e. The van der Waals surface area contributed by atoms with Crippen LogP contribution in [0.1, 0.15) is 31.9 Å². The molecule has 0 aliphatic carbocycles. The van der Waals surface area contributed by atoms with Crippen molar-refractivity contribution in [2.75, 3.05) is 5.73 Å². The standard InChI is InChI=1S/C25H21BrN2OS2.BrH/c1-16-12-17(2)14-28(13-16)22-21(27)24(23(29)19-6-4-3-5-7-19)31-25(22)30-15-18-8-10-20(26)11-9-18;/h3-14H,15H2,1-2H3,(H-,27,29);1H. The van der Waals surface area contributed by atoms with E-state index in [4.69, 9.17) is 5.73 Å². The minimum Gasteiger partial charge on any atom is -1.00 e. The van der Waals surface area contributed by atoms with Crippen LogP contribution in [0.4, 0.5) is 5.69 Å². The number of carbonyl (C=O) groups excluding carboxylic acids is 1. The molecule has 0 saturated carbocycles. The van der Waals surface area contributed by atoms with E-state index in [1.54, 1.807) is 11.8 Å². The molecule has 4 aromatic rings. The maximum absolute atomic E-state index is 13.2. The molecule has 2 N–H and O–H groups in total. The van der Waals surface area contributed by atoms with Crippen LogP contribution >= 0.6 is 39.0 Å². The second-order valence-corrected chi connectivity index (χ2v) is 10.6. The van der Waals surface area contributed by atoms with Gasteiger partial charge < -0.3 is 22.7 Å². The van der Waals surface area contributed by atoms with Gasteiger partial charge in [-0.3, -0.25) is 4.79 Å². The minimum atomic E-state index is -0.0372. The summed E-state index contributed by atoms with van der Waals surface area (Å²) in [6.45, 7) is 4.13. The first kappa shape index (κ1) is 24.7. The van der Waals surface area contributed by atoms with Gasteiger partial charge in [-0.1, -0.05) is 58.4 Å². The van der Waals surface area contributed by atoms with Crippen molar-refractivity contribution < 1.29 is 26.3 Å². The van der Waals surface area contributed by atoms with E-state index in [9.17, 15) is 4.79 Å². The minimum absolute atomic E-state index is 0. The van der Waals surface area contributed by atoms with Gasteiger partial charge in [0.15, 0.2) is 12.4 Å². The van der Waals surface area contributed by atoms with Crippen LogP contribution in [0.2, 0.25) is 0 Å². The first-order valence-corrected chi connectivity index (χ1v) is 12.4. The van der Waals surface area contributed by atoms with Gasteiger partial charge in [-0.05, 0) is 37.6 Å². The van der Waals surface area contributed by atoms with Gasteiger partial charge in [-0.15, -0.1) is 23.1 Å².